The van der Waals surface area contributed by atoms with Crippen LogP contribution in [0.15, 0.2) is 59.0 Å². The molecule has 24 heavy (non-hydrogen) atoms. The first-order valence-electron chi connectivity index (χ1n) is 11.2. The van der Waals surface area contributed by atoms with Crippen molar-refractivity contribution in [3.05, 3.63) is 71.6 Å². The van der Waals surface area contributed by atoms with E-state index in [0.717, 1.165) is 0 Å². The molecule has 0 aliphatic rings. The van der Waals surface area contributed by atoms with Gasteiger partial charge in [-0.1, -0.05) is 44.1 Å². The van der Waals surface area contributed by atoms with Crippen molar-refractivity contribution < 1.29 is 15.4 Å². The molecule has 0 aliphatic heterocycles. The van der Waals surface area contributed by atoms with Crippen molar-refractivity contribution in [2.75, 3.05) is 0 Å². The number of rotatable bonds is 2. The van der Waals surface area contributed by atoms with Crippen molar-refractivity contribution in [3.8, 4) is 11.3 Å². The number of nitrogens with zero attached hydrogens (tertiary/aromatic N) is 2. The molecule has 4 rings (SSSR count). The average Bonchev–Trinajstić information content (AvgIpc) is 3.11. The Morgan fingerprint density at radius 1 is 1.25 bits per heavy atom. The number of hydrogen-bond donors (Lipinski definition) is 0. The molecule has 0 spiro atoms. The summed E-state index contributed by atoms with van der Waals surface area (Å²) in [5.41, 5.74) is 0.514. The molecule has 3 nitrogen and oxygen atoms in total. The summed E-state index contributed by atoms with van der Waals surface area (Å²) in [4.78, 5) is 7.41. The number of benzene rings is 2. The standard InChI is InChI=1S/C21H16N2O/c1-13(2)19-18(22-3)11-10-15-14-7-6-8-16(20(14)24-21(15)19)17-9-4-5-12-23-17/h4-13H,1-2H3/i1D3,4D,5D,9D,12D,13D. The van der Waals surface area contributed by atoms with Gasteiger partial charge in [0, 0.05) is 33.6 Å². The second-order valence-electron chi connectivity index (χ2n) is 5.30. The molecule has 0 saturated carbocycles. The fraction of sp³-hybridized carbons (Fsp3) is 0.143. The molecule has 2 aromatic heterocycles. The smallest absolute Gasteiger partial charge is 0.194 e. The Balaban J connectivity index is 2.14. The number of para-hydroxylation sites is 1. The van der Waals surface area contributed by atoms with Gasteiger partial charge < -0.3 is 4.42 Å². The van der Waals surface area contributed by atoms with Gasteiger partial charge in [-0.15, -0.1) is 0 Å². The zero-order valence-corrected chi connectivity index (χ0v) is 12.7. The Labute approximate surface area is 151 Å². The number of pyridine rings is 1. The highest BCUT2D eigenvalue weighted by molar-refractivity contribution is 6.11. The third-order valence-electron chi connectivity index (χ3n) is 3.86. The lowest BCUT2D eigenvalue weighted by Gasteiger charge is -2.08. The van der Waals surface area contributed by atoms with Gasteiger partial charge in [0.2, 0.25) is 0 Å². The Morgan fingerprint density at radius 3 is 2.96 bits per heavy atom. The van der Waals surface area contributed by atoms with Crippen LogP contribution in [0.1, 0.15) is 36.2 Å². The molecule has 1 atom stereocenters. The summed E-state index contributed by atoms with van der Waals surface area (Å²) >= 11 is 0. The highest BCUT2D eigenvalue weighted by Gasteiger charge is 2.19. The summed E-state index contributed by atoms with van der Waals surface area (Å²) in [5.74, 6) is -2.13. The predicted octanol–water partition coefficient (Wildman–Crippen LogP) is 6.32. The van der Waals surface area contributed by atoms with Crippen LogP contribution in [0.25, 0.3) is 38.0 Å². The van der Waals surface area contributed by atoms with Gasteiger partial charge in [-0.2, -0.15) is 0 Å². The fourth-order valence-electron chi connectivity index (χ4n) is 2.85. The highest BCUT2D eigenvalue weighted by Crippen LogP contribution is 2.41. The first-order chi connectivity index (χ1) is 14.9. The molecule has 0 saturated heterocycles. The molecule has 0 aliphatic carbocycles. The lowest BCUT2D eigenvalue weighted by molar-refractivity contribution is 0.658. The predicted molar refractivity (Wildman–Crippen MR) is 97.3 cm³/mol. The van der Waals surface area contributed by atoms with Gasteiger partial charge in [0.25, 0.3) is 0 Å². The van der Waals surface area contributed by atoms with Gasteiger partial charge in [-0.25, -0.2) is 4.85 Å². The Hall–Kier alpha value is -3.12. The van der Waals surface area contributed by atoms with E-state index >= 15 is 0 Å². The summed E-state index contributed by atoms with van der Waals surface area (Å²) in [6.07, 6.45) is -0.453. The summed E-state index contributed by atoms with van der Waals surface area (Å²) in [5, 5.41) is 1.04. The summed E-state index contributed by atoms with van der Waals surface area (Å²) in [6.45, 7) is 5.95. The summed E-state index contributed by atoms with van der Waals surface area (Å²) < 4.78 is 69.9. The van der Waals surface area contributed by atoms with Crippen LogP contribution in [-0.2, 0) is 0 Å². The summed E-state index contributed by atoms with van der Waals surface area (Å²) in [7, 11) is 0. The lowest BCUT2D eigenvalue weighted by atomic mass is 9.98. The third kappa shape index (κ3) is 2.08. The Kier molecular flexibility index (Phi) is 1.86. The van der Waals surface area contributed by atoms with Crippen molar-refractivity contribution in [1.29, 1.82) is 0 Å². The van der Waals surface area contributed by atoms with Gasteiger partial charge in [-0.05, 0) is 24.0 Å². The first-order valence-corrected chi connectivity index (χ1v) is 7.21. The van der Waals surface area contributed by atoms with Gasteiger partial charge in [0.05, 0.1) is 17.7 Å². The van der Waals surface area contributed by atoms with E-state index in [-0.39, 0.29) is 34.2 Å². The van der Waals surface area contributed by atoms with Crippen LogP contribution in [0.4, 0.5) is 5.69 Å². The number of aromatic nitrogens is 1. The zero-order valence-electron chi connectivity index (χ0n) is 20.7. The van der Waals surface area contributed by atoms with Crippen molar-refractivity contribution >= 4 is 27.6 Å². The van der Waals surface area contributed by atoms with E-state index in [1.807, 2.05) is 0 Å². The monoisotopic (exact) mass is 320 g/mol. The van der Waals surface area contributed by atoms with E-state index in [9.17, 15) is 0 Å². The van der Waals surface area contributed by atoms with E-state index in [0.29, 0.717) is 16.3 Å². The molecule has 3 heteroatoms. The van der Waals surface area contributed by atoms with Crippen molar-refractivity contribution in [2.45, 2.75) is 19.7 Å². The average molecular weight is 320 g/mol. The highest BCUT2D eigenvalue weighted by atomic mass is 16.3. The molecule has 0 fully saturated rings. The van der Waals surface area contributed by atoms with E-state index in [1.54, 1.807) is 24.3 Å². The molecule has 0 bridgehead atoms. The minimum atomic E-state index is -2.73. The second-order valence-corrected chi connectivity index (χ2v) is 5.30. The van der Waals surface area contributed by atoms with E-state index in [2.05, 4.69) is 9.83 Å². The van der Waals surface area contributed by atoms with Crippen LogP contribution in [0.5, 0.6) is 0 Å². The second kappa shape index (κ2) is 5.50. The van der Waals surface area contributed by atoms with Crippen molar-refractivity contribution in [2.24, 2.45) is 0 Å². The van der Waals surface area contributed by atoms with Gasteiger partial charge in [0.15, 0.2) is 5.69 Å². The minimum Gasteiger partial charge on any atom is -0.456 e. The largest absolute Gasteiger partial charge is 0.456 e. The van der Waals surface area contributed by atoms with Crippen LogP contribution < -0.4 is 0 Å². The Morgan fingerprint density at radius 2 is 2.12 bits per heavy atom. The SMILES string of the molecule is [2H]c1nc(-c2cccc3c2oc2c(C([2H])(C)C([2H])([2H])[2H])c([N+]#[C-])ccc23)c([2H])c([2H])c1[2H]. The van der Waals surface area contributed by atoms with Crippen molar-refractivity contribution in [3.63, 3.8) is 0 Å². The molecular formula is C21H16N2O. The molecular weight excluding hydrogens is 296 g/mol. The topological polar surface area (TPSA) is 30.4 Å². The molecule has 0 radical (unpaired) electrons. The molecule has 2 heterocycles. The number of furan rings is 1. The fourth-order valence-corrected chi connectivity index (χ4v) is 2.85. The van der Waals surface area contributed by atoms with E-state index < -0.39 is 31.0 Å². The molecule has 1 unspecified atom stereocenters. The molecule has 0 amide bonds. The lowest BCUT2D eigenvalue weighted by Crippen LogP contribution is -1.88. The van der Waals surface area contributed by atoms with E-state index in [4.69, 9.17) is 22.0 Å². The minimum absolute atomic E-state index is 0.00788. The molecule has 2 aromatic carbocycles. The third-order valence-corrected chi connectivity index (χ3v) is 3.86. The van der Waals surface area contributed by atoms with E-state index in [1.165, 1.54) is 13.0 Å². The molecule has 116 valence electrons. The van der Waals surface area contributed by atoms with Crippen LogP contribution in [0.2, 0.25) is 0 Å². The number of fused-ring (bicyclic) bond motifs is 3. The van der Waals surface area contributed by atoms with Gasteiger partial charge in [-0.3, -0.25) is 4.98 Å². The van der Waals surface area contributed by atoms with Gasteiger partial charge >= 0.3 is 0 Å². The van der Waals surface area contributed by atoms with Crippen LogP contribution >= 0.6 is 0 Å². The van der Waals surface area contributed by atoms with Crippen LogP contribution in [0, 0.1) is 6.57 Å². The zero-order chi connectivity index (χ0) is 23.6. The van der Waals surface area contributed by atoms with Crippen LogP contribution in [0.3, 0.4) is 0 Å². The maximum Gasteiger partial charge on any atom is 0.194 e. The maximum atomic E-state index is 8.57. The van der Waals surface area contributed by atoms with Crippen LogP contribution in [-0.4, -0.2) is 4.98 Å². The molecule has 4 aromatic rings. The van der Waals surface area contributed by atoms with Crippen molar-refractivity contribution in [1.82, 2.24) is 4.98 Å². The normalized spacial score (nSPS) is 19.0. The quantitative estimate of drug-likeness (QED) is 0.404. The molecule has 0 N–H and O–H groups in total. The van der Waals surface area contributed by atoms with Gasteiger partial charge in [0.1, 0.15) is 11.2 Å². The Bertz CT molecular complexity index is 1450. The summed E-state index contributed by atoms with van der Waals surface area (Å²) in [6, 6.07) is 6.81. The first kappa shape index (κ1) is 8.12. The number of hydrogen-bond acceptors (Lipinski definition) is 2. The maximum absolute atomic E-state index is 8.57.